The van der Waals surface area contributed by atoms with Gasteiger partial charge in [-0.05, 0) is 36.6 Å². The first-order valence-electron chi connectivity index (χ1n) is 15.7. The molecular formula is C35H33Cl2FN6O5. The molecule has 4 heterocycles. The van der Waals surface area contributed by atoms with E-state index < -0.39 is 23.0 Å². The second kappa shape index (κ2) is 12.1. The minimum atomic E-state index is -0.817. The fourth-order valence-corrected chi connectivity index (χ4v) is 8.05. The number of benzene rings is 2. The van der Waals surface area contributed by atoms with Crippen molar-refractivity contribution >= 4 is 40.7 Å². The van der Waals surface area contributed by atoms with Gasteiger partial charge in [-0.15, -0.1) is 0 Å². The summed E-state index contributed by atoms with van der Waals surface area (Å²) < 4.78 is 23.3. The van der Waals surface area contributed by atoms with Crippen LogP contribution < -0.4 is 21.3 Å². The minimum Gasteiger partial charge on any atom is -0.481 e. The molecule has 0 bridgehead atoms. The smallest absolute Gasteiger partial charge is 0.330 e. The molecule has 7 rings (SSSR count). The van der Waals surface area contributed by atoms with Crippen LogP contribution >= 0.6 is 23.2 Å². The predicted molar refractivity (Wildman–Crippen MR) is 184 cm³/mol. The number of methoxy groups -OCH3 is 1. The predicted octanol–water partition coefficient (Wildman–Crippen LogP) is 4.67. The number of aryl methyl sites for hydroxylation is 2. The number of anilines is 1. The Labute approximate surface area is 290 Å². The van der Waals surface area contributed by atoms with Gasteiger partial charge in [-0.1, -0.05) is 41.4 Å². The number of fused-ring (bicyclic) bond motifs is 1. The van der Waals surface area contributed by atoms with E-state index >= 15 is 4.39 Å². The number of halogens is 3. The van der Waals surface area contributed by atoms with Crippen LogP contribution in [-0.4, -0.2) is 69.0 Å². The van der Waals surface area contributed by atoms with Crippen molar-refractivity contribution in [3.8, 4) is 28.3 Å². The highest BCUT2D eigenvalue weighted by molar-refractivity contribution is 6.39. The van der Waals surface area contributed by atoms with Gasteiger partial charge in [0.1, 0.15) is 11.4 Å². The zero-order valence-corrected chi connectivity index (χ0v) is 28.8. The van der Waals surface area contributed by atoms with Crippen LogP contribution in [0.5, 0.6) is 5.88 Å². The quantitative estimate of drug-likeness (QED) is 0.310. The van der Waals surface area contributed by atoms with Crippen LogP contribution in [0.4, 0.5) is 10.1 Å². The lowest BCUT2D eigenvalue weighted by Crippen LogP contribution is -2.72. The van der Waals surface area contributed by atoms with Gasteiger partial charge in [0.25, 0.3) is 11.5 Å². The molecule has 2 aromatic carbocycles. The highest BCUT2D eigenvalue weighted by Crippen LogP contribution is 2.50. The van der Waals surface area contributed by atoms with Crippen molar-refractivity contribution in [2.45, 2.75) is 25.8 Å². The van der Waals surface area contributed by atoms with Gasteiger partial charge in [0.05, 0.1) is 28.5 Å². The van der Waals surface area contributed by atoms with E-state index in [1.807, 2.05) is 11.0 Å². The van der Waals surface area contributed by atoms with Crippen LogP contribution in [-0.2, 0) is 25.3 Å². The zero-order valence-electron chi connectivity index (χ0n) is 27.3. The van der Waals surface area contributed by atoms with Crippen LogP contribution in [0.3, 0.4) is 0 Å². The van der Waals surface area contributed by atoms with E-state index in [0.29, 0.717) is 17.1 Å². The molecule has 2 aliphatic heterocycles. The molecule has 1 atom stereocenters. The van der Waals surface area contributed by atoms with Crippen LogP contribution in [0.25, 0.3) is 22.4 Å². The van der Waals surface area contributed by atoms with Gasteiger partial charge < -0.3 is 19.5 Å². The number of aromatic nitrogens is 3. The third-order valence-electron chi connectivity index (χ3n) is 9.91. The monoisotopic (exact) mass is 706 g/mol. The number of pyridine rings is 1. The Balaban J connectivity index is 1.18. The average Bonchev–Trinajstić information content (AvgIpc) is 3.45. The summed E-state index contributed by atoms with van der Waals surface area (Å²) in [5, 5.41) is 2.65. The third kappa shape index (κ3) is 5.42. The summed E-state index contributed by atoms with van der Waals surface area (Å²) in [6.07, 6.45) is 2.88. The second-order valence-corrected chi connectivity index (χ2v) is 13.9. The van der Waals surface area contributed by atoms with Crippen LogP contribution in [0, 0.1) is 11.2 Å². The Morgan fingerprint density at radius 2 is 1.76 bits per heavy atom. The van der Waals surface area contributed by atoms with Gasteiger partial charge in [-0.3, -0.25) is 23.9 Å². The van der Waals surface area contributed by atoms with Gasteiger partial charge in [0, 0.05) is 87.1 Å². The fourth-order valence-electron chi connectivity index (χ4n) is 7.43. The number of rotatable bonds is 6. The Bertz CT molecular complexity index is 2190. The summed E-state index contributed by atoms with van der Waals surface area (Å²) >= 11 is 13.7. The molecule has 2 amide bonds. The number of hydrogen-bond acceptors (Lipinski definition) is 7. The molecule has 0 radical (unpaired) electrons. The van der Waals surface area contributed by atoms with E-state index in [9.17, 15) is 19.2 Å². The normalized spacial score (nSPS) is 17.8. The summed E-state index contributed by atoms with van der Waals surface area (Å²) in [5.41, 5.74) is 2.07. The third-order valence-corrected chi connectivity index (χ3v) is 10.7. The molecule has 1 N–H and O–H groups in total. The molecule has 1 unspecified atom stereocenters. The molecule has 2 aromatic heterocycles. The van der Waals surface area contributed by atoms with Crippen molar-refractivity contribution in [1.29, 1.82) is 0 Å². The van der Waals surface area contributed by atoms with E-state index in [-0.39, 0.29) is 49.8 Å². The highest BCUT2D eigenvalue weighted by Gasteiger charge is 2.55. The zero-order chi connectivity index (χ0) is 34.9. The Hall–Kier alpha value is -4.52. The van der Waals surface area contributed by atoms with E-state index in [0.717, 1.165) is 71.5 Å². The molecule has 11 nitrogen and oxygen atoms in total. The first-order valence-corrected chi connectivity index (χ1v) is 16.5. The molecule has 0 saturated carbocycles. The number of likely N-dealkylation sites (tertiary alicyclic amines) is 2. The molecule has 1 spiro atoms. The molecule has 3 aliphatic rings. The number of ether oxygens (including phenoxy) is 1. The fraction of sp³-hybridized carbons (Fsp3) is 0.343. The first kappa shape index (κ1) is 33.0. The lowest BCUT2D eigenvalue weighted by Gasteiger charge is -2.61. The number of carbonyl (C=O) groups is 2. The molecule has 2 fully saturated rings. The van der Waals surface area contributed by atoms with Gasteiger partial charge in [-0.2, -0.15) is 0 Å². The number of nitrogens with one attached hydrogen (secondary N) is 1. The average molecular weight is 708 g/mol. The standard InChI is InChI=1S/C35H33Cl2FN6O5/c1-18(45)43-14-35(15-43)16-44(17-35)26-11-8-19-12-25(40-32(49-4)27(19)26)20-6-5-7-21(29(20)36)28-23(38)9-10-24(30(28)37)39-31(46)22-13-41(2)34(48)42(3)33(22)47/h5-7,9-10,12-13,26H,8,11,14-17H2,1-4H3,(H,39,46). The van der Waals surface area contributed by atoms with Crippen LogP contribution in [0.1, 0.15) is 40.9 Å². The van der Waals surface area contributed by atoms with Crippen molar-refractivity contribution in [3.05, 3.63) is 96.0 Å². The summed E-state index contributed by atoms with van der Waals surface area (Å²) in [6.45, 7) is 5.06. The van der Waals surface area contributed by atoms with Gasteiger partial charge in [-0.25, -0.2) is 14.2 Å². The Kier molecular flexibility index (Phi) is 8.16. The van der Waals surface area contributed by atoms with Crippen molar-refractivity contribution in [1.82, 2.24) is 23.9 Å². The Morgan fingerprint density at radius 3 is 2.45 bits per heavy atom. The van der Waals surface area contributed by atoms with Gasteiger partial charge in [0.15, 0.2) is 0 Å². The highest BCUT2D eigenvalue weighted by atomic mass is 35.5. The largest absolute Gasteiger partial charge is 0.481 e. The molecule has 49 heavy (non-hydrogen) atoms. The first-order chi connectivity index (χ1) is 23.3. The minimum absolute atomic E-state index is 0.0427. The number of amides is 2. The van der Waals surface area contributed by atoms with Crippen molar-refractivity contribution in [3.63, 3.8) is 0 Å². The molecule has 1 aliphatic carbocycles. The van der Waals surface area contributed by atoms with E-state index in [1.54, 1.807) is 32.2 Å². The summed E-state index contributed by atoms with van der Waals surface area (Å²) in [7, 11) is 4.28. The summed E-state index contributed by atoms with van der Waals surface area (Å²) in [5.74, 6) is -0.864. The SMILES string of the molecule is COc1nc(-c2cccc(-c3c(F)ccc(NC(=O)c4cn(C)c(=O)n(C)c4=O)c3Cl)c2Cl)cc2c1C(N1CC3(CN(C(C)=O)C3)C1)CC2. The Morgan fingerprint density at radius 1 is 1.04 bits per heavy atom. The number of carbonyl (C=O) groups excluding carboxylic acids is 2. The van der Waals surface area contributed by atoms with Crippen molar-refractivity contribution < 1.29 is 18.7 Å². The molecular weight excluding hydrogens is 674 g/mol. The second-order valence-electron chi connectivity index (χ2n) is 13.1. The summed E-state index contributed by atoms with van der Waals surface area (Å²) in [6, 6.07) is 9.74. The van der Waals surface area contributed by atoms with E-state index in [4.69, 9.17) is 32.9 Å². The number of nitrogens with zero attached hydrogens (tertiary/aromatic N) is 5. The topological polar surface area (TPSA) is 119 Å². The lowest BCUT2D eigenvalue weighted by molar-refractivity contribution is -0.161. The maximum Gasteiger partial charge on any atom is 0.330 e. The molecule has 14 heteroatoms. The van der Waals surface area contributed by atoms with Crippen molar-refractivity contribution in [2.24, 2.45) is 19.5 Å². The van der Waals surface area contributed by atoms with Crippen LogP contribution in [0.2, 0.25) is 10.0 Å². The van der Waals surface area contributed by atoms with Crippen LogP contribution in [0.15, 0.2) is 52.2 Å². The van der Waals surface area contributed by atoms with Gasteiger partial charge >= 0.3 is 5.69 Å². The van der Waals surface area contributed by atoms with Crippen molar-refractivity contribution in [2.75, 3.05) is 38.6 Å². The summed E-state index contributed by atoms with van der Waals surface area (Å²) in [4.78, 5) is 58.7. The van der Waals surface area contributed by atoms with Gasteiger partial charge in [0.2, 0.25) is 11.8 Å². The molecule has 4 aromatic rings. The number of hydrogen-bond donors (Lipinski definition) is 1. The molecule has 254 valence electrons. The lowest BCUT2D eigenvalue weighted by atomic mass is 9.72. The maximum absolute atomic E-state index is 15.5. The van der Waals surface area contributed by atoms with E-state index in [1.165, 1.54) is 20.2 Å². The molecule has 2 saturated heterocycles. The maximum atomic E-state index is 15.5. The van der Waals surface area contributed by atoms with E-state index in [2.05, 4.69) is 10.2 Å².